The van der Waals surface area contributed by atoms with Gasteiger partial charge in [-0.3, -0.25) is 4.98 Å². The highest BCUT2D eigenvalue weighted by Crippen LogP contribution is 2.11. The molecule has 0 saturated carbocycles. The maximum absolute atomic E-state index is 4.31. The third-order valence-corrected chi connectivity index (χ3v) is 3.43. The molecule has 1 saturated heterocycles. The average molecular weight is 233 g/mol. The number of aryl methyl sites for hydroxylation is 1. The monoisotopic (exact) mass is 233 g/mol. The van der Waals surface area contributed by atoms with Crippen LogP contribution >= 0.6 is 0 Å². The second kappa shape index (κ2) is 6.12. The summed E-state index contributed by atoms with van der Waals surface area (Å²) >= 11 is 0. The van der Waals surface area contributed by atoms with Crippen LogP contribution in [-0.4, -0.2) is 23.6 Å². The van der Waals surface area contributed by atoms with Gasteiger partial charge in [0.15, 0.2) is 0 Å². The van der Waals surface area contributed by atoms with E-state index in [9.17, 15) is 0 Å². The molecule has 2 heterocycles. The van der Waals surface area contributed by atoms with Gasteiger partial charge in [-0.05, 0) is 51.3 Å². The molecule has 2 atom stereocenters. The first-order chi connectivity index (χ1) is 8.24. The Hall–Kier alpha value is -0.930. The van der Waals surface area contributed by atoms with Crippen molar-refractivity contribution in [2.45, 2.75) is 51.7 Å². The van der Waals surface area contributed by atoms with Crippen LogP contribution in [0.3, 0.4) is 0 Å². The molecule has 1 aromatic rings. The summed E-state index contributed by atoms with van der Waals surface area (Å²) in [6, 6.07) is 5.50. The minimum Gasteiger partial charge on any atom is -0.314 e. The summed E-state index contributed by atoms with van der Waals surface area (Å²) in [6.07, 6.45) is 5.85. The molecule has 1 fully saturated rings. The van der Waals surface area contributed by atoms with Gasteiger partial charge in [-0.25, -0.2) is 0 Å². The zero-order chi connectivity index (χ0) is 12.1. The zero-order valence-electron chi connectivity index (χ0n) is 10.9. The first-order valence-electron chi connectivity index (χ1n) is 6.62. The van der Waals surface area contributed by atoms with Gasteiger partial charge in [-0.1, -0.05) is 6.07 Å². The molecule has 1 aromatic heterocycles. The summed E-state index contributed by atoms with van der Waals surface area (Å²) in [5, 5.41) is 7.11. The number of nitrogens with one attached hydrogen (secondary N) is 2. The fraction of sp³-hybridized carbons (Fsp3) is 0.643. The SMILES string of the molecule is Cc1ccc(CNC(C)CC2CCCN2)cn1. The van der Waals surface area contributed by atoms with Gasteiger partial charge in [0.25, 0.3) is 0 Å². The summed E-state index contributed by atoms with van der Waals surface area (Å²) in [6.45, 7) is 6.40. The number of hydrogen-bond donors (Lipinski definition) is 2. The molecular formula is C14H23N3. The Morgan fingerprint density at radius 3 is 3.06 bits per heavy atom. The van der Waals surface area contributed by atoms with E-state index in [2.05, 4.69) is 34.7 Å². The minimum atomic E-state index is 0.562. The van der Waals surface area contributed by atoms with Crippen molar-refractivity contribution < 1.29 is 0 Å². The predicted molar refractivity (Wildman–Crippen MR) is 70.9 cm³/mol. The topological polar surface area (TPSA) is 37.0 Å². The van der Waals surface area contributed by atoms with Crippen molar-refractivity contribution in [3.05, 3.63) is 29.6 Å². The first kappa shape index (κ1) is 12.5. The second-order valence-electron chi connectivity index (χ2n) is 5.12. The van der Waals surface area contributed by atoms with E-state index in [1.54, 1.807) is 0 Å². The lowest BCUT2D eigenvalue weighted by Gasteiger charge is -2.18. The fourth-order valence-electron chi connectivity index (χ4n) is 2.36. The Labute approximate surface area is 104 Å². The van der Waals surface area contributed by atoms with Crippen molar-refractivity contribution >= 4 is 0 Å². The van der Waals surface area contributed by atoms with Crippen molar-refractivity contribution in [1.29, 1.82) is 0 Å². The quantitative estimate of drug-likeness (QED) is 0.817. The van der Waals surface area contributed by atoms with Gasteiger partial charge in [0.2, 0.25) is 0 Å². The molecule has 2 rings (SSSR count). The Balaban J connectivity index is 1.71. The van der Waals surface area contributed by atoms with Crippen LogP contribution in [0.25, 0.3) is 0 Å². The van der Waals surface area contributed by atoms with Gasteiger partial charge in [0.05, 0.1) is 0 Å². The number of aromatic nitrogens is 1. The summed E-state index contributed by atoms with van der Waals surface area (Å²) < 4.78 is 0. The maximum atomic E-state index is 4.31. The molecule has 0 aromatic carbocycles. The number of pyridine rings is 1. The van der Waals surface area contributed by atoms with E-state index < -0.39 is 0 Å². The van der Waals surface area contributed by atoms with Crippen molar-refractivity contribution in [3.63, 3.8) is 0 Å². The van der Waals surface area contributed by atoms with Crippen molar-refractivity contribution in [2.24, 2.45) is 0 Å². The summed E-state index contributed by atoms with van der Waals surface area (Å²) in [5.41, 5.74) is 2.35. The summed E-state index contributed by atoms with van der Waals surface area (Å²) in [7, 11) is 0. The molecule has 0 aliphatic carbocycles. The molecule has 3 heteroatoms. The lowest BCUT2D eigenvalue weighted by Crippen LogP contribution is -2.33. The number of hydrogen-bond acceptors (Lipinski definition) is 3. The molecule has 17 heavy (non-hydrogen) atoms. The Morgan fingerprint density at radius 1 is 1.53 bits per heavy atom. The Morgan fingerprint density at radius 2 is 2.41 bits per heavy atom. The fourth-order valence-corrected chi connectivity index (χ4v) is 2.36. The largest absolute Gasteiger partial charge is 0.314 e. The van der Waals surface area contributed by atoms with E-state index in [0.29, 0.717) is 12.1 Å². The highest BCUT2D eigenvalue weighted by Gasteiger charge is 2.16. The normalized spacial score (nSPS) is 21.6. The van der Waals surface area contributed by atoms with E-state index in [1.807, 2.05) is 13.1 Å². The van der Waals surface area contributed by atoms with Crippen LogP contribution in [0, 0.1) is 6.92 Å². The number of rotatable bonds is 5. The van der Waals surface area contributed by atoms with E-state index in [1.165, 1.54) is 31.4 Å². The molecular weight excluding hydrogens is 210 g/mol. The van der Waals surface area contributed by atoms with E-state index in [0.717, 1.165) is 12.2 Å². The van der Waals surface area contributed by atoms with Gasteiger partial charge in [0, 0.05) is 30.5 Å². The van der Waals surface area contributed by atoms with Crippen LogP contribution in [-0.2, 0) is 6.54 Å². The van der Waals surface area contributed by atoms with Crippen molar-refractivity contribution in [3.8, 4) is 0 Å². The average Bonchev–Trinajstić information content (AvgIpc) is 2.81. The number of nitrogens with zero attached hydrogens (tertiary/aromatic N) is 1. The van der Waals surface area contributed by atoms with Gasteiger partial charge >= 0.3 is 0 Å². The van der Waals surface area contributed by atoms with Crippen molar-refractivity contribution in [2.75, 3.05) is 6.54 Å². The first-order valence-corrected chi connectivity index (χ1v) is 6.62. The van der Waals surface area contributed by atoms with E-state index in [-0.39, 0.29) is 0 Å². The van der Waals surface area contributed by atoms with Crippen LogP contribution in [0.4, 0.5) is 0 Å². The highest BCUT2D eigenvalue weighted by molar-refractivity contribution is 5.12. The molecule has 2 unspecified atom stereocenters. The summed E-state index contributed by atoms with van der Waals surface area (Å²) in [5.74, 6) is 0. The second-order valence-corrected chi connectivity index (χ2v) is 5.12. The zero-order valence-corrected chi connectivity index (χ0v) is 10.9. The third kappa shape index (κ3) is 4.10. The molecule has 94 valence electrons. The molecule has 3 nitrogen and oxygen atoms in total. The molecule has 0 bridgehead atoms. The molecule has 0 radical (unpaired) electrons. The Kier molecular flexibility index (Phi) is 4.51. The Bertz CT molecular complexity index is 328. The van der Waals surface area contributed by atoms with Gasteiger partial charge in [-0.15, -0.1) is 0 Å². The van der Waals surface area contributed by atoms with Crippen LogP contribution in [0.1, 0.15) is 37.4 Å². The van der Waals surface area contributed by atoms with E-state index in [4.69, 9.17) is 0 Å². The van der Waals surface area contributed by atoms with Gasteiger partial charge in [0.1, 0.15) is 0 Å². The van der Waals surface area contributed by atoms with Crippen LogP contribution in [0.5, 0.6) is 0 Å². The molecule has 1 aliphatic rings. The molecule has 2 N–H and O–H groups in total. The minimum absolute atomic E-state index is 0.562. The molecule has 0 amide bonds. The smallest absolute Gasteiger partial charge is 0.0372 e. The molecule has 1 aliphatic heterocycles. The van der Waals surface area contributed by atoms with Gasteiger partial charge < -0.3 is 10.6 Å². The lowest BCUT2D eigenvalue weighted by molar-refractivity contribution is 0.439. The van der Waals surface area contributed by atoms with Crippen LogP contribution < -0.4 is 10.6 Å². The summed E-state index contributed by atoms with van der Waals surface area (Å²) in [4.78, 5) is 4.31. The molecule has 0 spiro atoms. The maximum Gasteiger partial charge on any atom is 0.0372 e. The third-order valence-electron chi connectivity index (χ3n) is 3.43. The highest BCUT2D eigenvalue weighted by atomic mass is 15.0. The van der Waals surface area contributed by atoms with Crippen LogP contribution in [0.2, 0.25) is 0 Å². The van der Waals surface area contributed by atoms with Crippen LogP contribution in [0.15, 0.2) is 18.3 Å². The lowest BCUT2D eigenvalue weighted by atomic mass is 10.1. The standard InChI is InChI=1S/C14H23N3/c1-11-5-6-13(9-16-11)10-17-12(2)8-14-4-3-7-15-14/h5-6,9,12,14-15,17H,3-4,7-8,10H2,1-2H3. The van der Waals surface area contributed by atoms with E-state index >= 15 is 0 Å². The van der Waals surface area contributed by atoms with Crippen molar-refractivity contribution in [1.82, 2.24) is 15.6 Å². The predicted octanol–water partition coefficient (Wildman–Crippen LogP) is 2.01. The van der Waals surface area contributed by atoms with Gasteiger partial charge in [-0.2, -0.15) is 0 Å².